The molecular weight excluding hydrogens is 376 g/mol. The molecule has 142 valence electrons. The molecule has 0 bridgehead atoms. The Morgan fingerprint density at radius 3 is 2.71 bits per heavy atom. The van der Waals surface area contributed by atoms with Crippen LogP contribution in [0.25, 0.3) is 15.9 Å². The fraction of sp³-hybridized carbons (Fsp3) is 0.250. The number of hydrogen-bond donors (Lipinski definition) is 0. The first-order chi connectivity index (χ1) is 13.3. The molecule has 4 aromatic rings. The summed E-state index contributed by atoms with van der Waals surface area (Å²) in [7, 11) is 0. The summed E-state index contributed by atoms with van der Waals surface area (Å²) < 4.78 is 6.91. The van der Waals surface area contributed by atoms with E-state index >= 15 is 0 Å². The van der Waals surface area contributed by atoms with Gasteiger partial charge in [-0.3, -0.25) is 9.20 Å². The highest BCUT2D eigenvalue weighted by molar-refractivity contribution is 7.20. The largest absolute Gasteiger partial charge is 0.455 e. The van der Waals surface area contributed by atoms with Gasteiger partial charge in [0.15, 0.2) is 0 Å². The van der Waals surface area contributed by atoms with E-state index < -0.39 is 5.97 Å². The van der Waals surface area contributed by atoms with Gasteiger partial charge in [-0.1, -0.05) is 6.07 Å². The number of aryl methyl sites for hydroxylation is 4. The van der Waals surface area contributed by atoms with E-state index in [1.807, 2.05) is 33.8 Å². The van der Waals surface area contributed by atoms with E-state index in [0.29, 0.717) is 22.0 Å². The third kappa shape index (κ3) is 3.16. The first-order valence-corrected chi connectivity index (χ1v) is 9.55. The molecule has 0 atom stereocenters. The number of rotatable bonds is 3. The van der Waals surface area contributed by atoms with Crippen LogP contribution < -0.4 is 5.56 Å². The molecule has 0 aromatic carbocycles. The predicted octanol–water partition coefficient (Wildman–Crippen LogP) is 3.29. The molecule has 0 aliphatic heterocycles. The number of carbonyl (C=O) groups excluding carboxylic acids is 1. The molecule has 0 saturated heterocycles. The Morgan fingerprint density at radius 2 is 1.93 bits per heavy atom. The molecule has 4 aromatic heterocycles. The average molecular weight is 394 g/mol. The molecule has 0 saturated carbocycles. The number of esters is 1. The van der Waals surface area contributed by atoms with Crippen LogP contribution in [0.5, 0.6) is 0 Å². The van der Waals surface area contributed by atoms with Crippen molar-refractivity contribution in [1.82, 2.24) is 19.4 Å². The maximum absolute atomic E-state index is 12.6. The van der Waals surface area contributed by atoms with Crippen LogP contribution in [-0.4, -0.2) is 25.3 Å². The van der Waals surface area contributed by atoms with Crippen molar-refractivity contribution < 1.29 is 9.53 Å². The van der Waals surface area contributed by atoms with E-state index in [9.17, 15) is 9.59 Å². The van der Waals surface area contributed by atoms with Gasteiger partial charge in [0.05, 0.1) is 5.69 Å². The van der Waals surface area contributed by atoms with Crippen molar-refractivity contribution in [3.8, 4) is 0 Å². The average Bonchev–Trinajstić information content (AvgIpc) is 2.97. The van der Waals surface area contributed by atoms with Crippen LogP contribution in [0.4, 0.5) is 0 Å². The number of thiophene rings is 1. The maximum atomic E-state index is 12.6. The standard InChI is InChI=1S/C20H18N4O3S/c1-10-5-6-15-23-14(7-16(25)24(15)8-10)9-27-20(26)18-11(2)17-12(3)21-13(4)22-19(17)28-18/h5-8H,9H2,1-4H3. The van der Waals surface area contributed by atoms with E-state index in [1.54, 1.807) is 12.3 Å². The summed E-state index contributed by atoms with van der Waals surface area (Å²) in [6, 6.07) is 5.03. The van der Waals surface area contributed by atoms with Crippen LogP contribution in [-0.2, 0) is 11.3 Å². The lowest BCUT2D eigenvalue weighted by Crippen LogP contribution is -2.16. The first kappa shape index (κ1) is 18.2. The second kappa shape index (κ2) is 6.79. The zero-order valence-corrected chi connectivity index (χ0v) is 16.8. The highest BCUT2D eigenvalue weighted by Crippen LogP contribution is 2.31. The van der Waals surface area contributed by atoms with Crippen LogP contribution in [0.2, 0.25) is 0 Å². The van der Waals surface area contributed by atoms with Gasteiger partial charge in [0.2, 0.25) is 0 Å². The van der Waals surface area contributed by atoms with E-state index in [1.165, 1.54) is 21.8 Å². The van der Waals surface area contributed by atoms with Gasteiger partial charge in [-0.15, -0.1) is 11.3 Å². The highest BCUT2D eigenvalue weighted by atomic mass is 32.1. The van der Waals surface area contributed by atoms with Crippen molar-refractivity contribution in [1.29, 1.82) is 0 Å². The Kier molecular flexibility index (Phi) is 4.43. The monoisotopic (exact) mass is 394 g/mol. The Hall–Kier alpha value is -3.13. The fourth-order valence-electron chi connectivity index (χ4n) is 3.21. The van der Waals surface area contributed by atoms with Gasteiger partial charge in [0.25, 0.3) is 5.56 Å². The number of hydrogen-bond acceptors (Lipinski definition) is 7. The molecule has 0 spiro atoms. The van der Waals surface area contributed by atoms with E-state index in [2.05, 4.69) is 15.0 Å². The normalized spacial score (nSPS) is 11.3. The lowest BCUT2D eigenvalue weighted by Gasteiger charge is -2.06. The number of aromatic nitrogens is 4. The minimum Gasteiger partial charge on any atom is -0.455 e. The van der Waals surface area contributed by atoms with Crippen LogP contribution >= 0.6 is 11.3 Å². The molecule has 7 nitrogen and oxygen atoms in total. The number of ether oxygens (including phenoxy) is 1. The van der Waals surface area contributed by atoms with Crippen molar-refractivity contribution in [2.45, 2.75) is 34.3 Å². The van der Waals surface area contributed by atoms with Gasteiger partial charge < -0.3 is 4.74 Å². The second-order valence-electron chi connectivity index (χ2n) is 6.69. The molecule has 0 fully saturated rings. The van der Waals surface area contributed by atoms with Crippen LogP contribution in [0.15, 0.2) is 29.2 Å². The predicted molar refractivity (Wildman–Crippen MR) is 107 cm³/mol. The first-order valence-electron chi connectivity index (χ1n) is 8.74. The Labute approximate surface area is 164 Å². The van der Waals surface area contributed by atoms with Gasteiger partial charge in [-0.05, 0) is 44.9 Å². The second-order valence-corrected chi connectivity index (χ2v) is 7.69. The SMILES string of the molecule is Cc1ccc2nc(COC(=O)c3sc4nc(C)nc(C)c4c3C)cc(=O)n2c1. The number of nitrogens with zero attached hydrogens (tertiary/aromatic N) is 4. The Bertz CT molecular complexity index is 1310. The molecule has 0 unspecified atom stereocenters. The van der Waals surface area contributed by atoms with Crippen LogP contribution in [0, 0.1) is 27.7 Å². The van der Waals surface area contributed by atoms with Gasteiger partial charge in [0.1, 0.15) is 27.8 Å². The van der Waals surface area contributed by atoms with Crippen molar-refractivity contribution in [2.75, 3.05) is 0 Å². The summed E-state index contributed by atoms with van der Waals surface area (Å²) in [4.78, 5) is 39.4. The lowest BCUT2D eigenvalue weighted by molar-refractivity contribution is 0.0473. The summed E-state index contributed by atoms with van der Waals surface area (Å²) in [5, 5.41) is 0.889. The Balaban J connectivity index is 1.61. The summed E-state index contributed by atoms with van der Waals surface area (Å²) in [5.74, 6) is 0.214. The van der Waals surface area contributed by atoms with Crippen molar-refractivity contribution in [2.24, 2.45) is 0 Å². The maximum Gasteiger partial charge on any atom is 0.349 e. The number of fused-ring (bicyclic) bond motifs is 2. The fourth-order valence-corrected chi connectivity index (χ4v) is 4.38. The number of carbonyl (C=O) groups is 1. The van der Waals surface area contributed by atoms with E-state index in [0.717, 1.165) is 27.0 Å². The van der Waals surface area contributed by atoms with Crippen molar-refractivity contribution in [3.63, 3.8) is 0 Å². The minimum absolute atomic E-state index is 0.0736. The third-order valence-electron chi connectivity index (χ3n) is 4.48. The highest BCUT2D eigenvalue weighted by Gasteiger charge is 2.20. The van der Waals surface area contributed by atoms with Gasteiger partial charge in [-0.2, -0.15) is 0 Å². The lowest BCUT2D eigenvalue weighted by atomic mass is 10.1. The summed E-state index contributed by atoms with van der Waals surface area (Å²) in [6.07, 6.45) is 1.73. The smallest absolute Gasteiger partial charge is 0.349 e. The molecule has 0 radical (unpaired) electrons. The number of pyridine rings is 1. The van der Waals surface area contributed by atoms with E-state index in [-0.39, 0.29) is 12.2 Å². The van der Waals surface area contributed by atoms with Gasteiger partial charge in [0, 0.05) is 23.3 Å². The molecule has 8 heteroatoms. The van der Waals surface area contributed by atoms with Crippen LogP contribution in [0.1, 0.15) is 38.0 Å². The van der Waals surface area contributed by atoms with Gasteiger partial charge >= 0.3 is 5.97 Å². The molecule has 28 heavy (non-hydrogen) atoms. The summed E-state index contributed by atoms with van der Waals surface area (Å²) >= 11 is 1.29. The third-order valence-corrected chi connectivity index (χ3v) is 5.65. The van der Waals surface area contributed by atoms with Crippen molar-refractivity contribution in [3.05, 3.63) is 68.0 Å². The molecular formula is C20H18N4O3S. The minimum atomic E-state index is -0.455. The zero-order valence-electron chi connectivity index (χ0n) is 15.9. The van der Waals surface area contributed by atoms with Crippen molar-refractivity contribution >= 4 is 33.2 Å². The van der Waals surface area contributed by atoms with Crippen LogP contribution in [0.3, 0.4) is 0 Å². The molecule has 0 amide bonds. The molecule has 0 aliphatic carbocycles. The topological polar surface area (TPSA) is 86.4 Å². The Morgan fingerprint density at radius 1 is 1.14 bits per heavy atom. The quantitative estimate of drug-likeness (QED) is 0.496. The van der Waals surface area contributed by atoms with E-state index in [4.69, 9.17) is 4.74 Å². The molecule has 0 aliphatic rings. The molecule has 4 rings (SSSR count). The summed E-state index contributed by atoms with van der Waals surface area (Å²) in [5.41, 5.74) is 3.33. The molecule has 0 N–H and O–H groups in total. The zero-order chi connectivity index (χ0) is 20.0. The molecule has 4 heterocycles. The van der Waals surface area contributed by atoms with Gasteiger partial charge in [-0.25, -0.2) is 19.7 Å². The summed E-state index contributed by atoms with van der Waals surface area (Å²) in [6.45, 7) is 7.42.